The van der Waals surface area contributed by atoms with Gasteiger partial charge >= 0.3 is 11.9 Å². The maximum atomic E-state index is 11.5. The van der Waals surface area contributed by atoms with Crippen molar-refractivity contribution in [2.24, 2.45) is 0 Å². The van der Waals surface area contributed by atoms with E-state index in [1.807, 2.05) is 0 Å². The van der Waals surface area contributed by atoms with E-state index < -0.39 is 48.4 Å². The average molecular weight is 342 g/mol. The molecule has 3 heterocycles. The number of fused-ring (bicyclic) bond motifs is 3. The van der Waals surface area contributed by atoms with E-state index in [9.17, 15) is 9.59 Å². The van der Waals surface area contributed by atoms with Crippen molar-refractivity contribution in [2.45, 2.75) is 64.2 Å². The first-order valence-corrected chi connectivity index (χ1v) is 7.89. The number of ether oxygens (including phenoxy) is 6. The van der Waals surface area contributed by atoms with Crippen LogP contribution in [0, 0.1) is 0 Å². The Bertz CT molecular complexity index is 554. The number of esters is 2. The molecule has 3 aliphatic heterocycles. The van der Waals surface area contributed by atoms with Gasteiger partial charge in [-0.05, 0) is 13.8 Å². The van der Waals surface area contributed by atoms with Crippen LogP contribution < -0.4 is 0 Å². The van der Waals surface area contributed by atoms with E-state index in [4.69, 9.17) is 28.4 Å². The van der Waals surface area contributed by atoms with Crippen molar-refractivity contribution in [3.8, 4) is 0 Å². The van der Waals surface area contributed by atoms with Gasteiger partial charge in [0.05, 0.1) is 6.61 Å². The van der Waals surface area contributed by atoms with Crippen molar-refractivity contribution in [1.29, 1.82) is 0 Å². The fourth-order valence-electron chi connectivity index (χ4n) is 3.18. The highest BCUT2D eigenvalue weighted by Crippen LogP contribution is 2.41. The Labute approximate surface area is 140 Å². The van der Waals surface area contributed by atoms with E-state index in [1.54, 1.807) is 19.9 Å². The average Bonchev–Trinajstić information content (AvgIpc) is 2.86. The van der Waals surface area contributed by atoms with Gasteiger partial charge in [0, 0.05) is 19.4 Å². The van der Waals surface area contributed by atoms with Gasteiger partial charge < -0.3 is 28.4 Å². The lowest BCUT2D eigenvalue weighted by Crippen LogP contribution is -2.44. The molecule has 8 heteroatoms. The highest BCUT2D eigenvalue weighted by atomic mass is 16.8. The second-order valence-electron chi connectivity index (χ2n) is 6.46. The predicted molar refractivity (Wildman–Crippen MR) is 78.7 cm³/mol. The predicted octanol–water partition coefficient (Wildman–Crippen LogP) is 0.683. The molecule has 8 nitrogen and oxygen atoms in total. The summed E-state index contributed by atoms with van der Waals surface area (Å²) in [4.78, 5) is 22.6. The Morgan fingerprint density at radius 1 is 1.17 bits per heavy atom. The molecule has 0 amide bonds. The number of rotatable bonds is 3. The quantitative estimate of drug-likeness (QED) is 0.546. The Kier molecular flexibility index (Phi) is 4.65. The third-order valence-electron chi connectivity index (χ3n) is 4.06. The molecule has 0 spiro atoms. The molecule has 2 fully saturated rings. The van der Waals surface area contributed by atoms with Crippen LogP contribution in [0.4, 0.5) is 0 Å². The zero-order valence-electron chi connectivity index (χ0n) is 14.1. The number of hydrogen-bond acceptors (Lipinski definition) is 8. The van der Waals surface area contributed by atoms with Crippen LogP contribution in [-0.2, 0) is 38.0 Å². The molecule has 5 atom stereocenters. The Morgan fingerprint density at radius 2 is 1.92 bits per heavy atom. The first-order valence-electron chi connectivity index (χ1n) is 7.89. The third-order valence-corrected chi connectivity index (χ3v) is 4.06. The van der Waals surface area contributed by atoms with Gasteiger partial charge in [-0.15, -0.1) is 0 Å². The van der Waals surface area contributed by atoms with Gasteiger partial charge in [0.2, 0.25) is 0 Å². The fourth-order valence-corrected chi connectivity index (χ4v) is 3.18. The first kappa shape index (κ1) is 17.3. The van der Waals surface area contributed by atoms with Crippen LogP contribution in [0.1, 0.15) is 27.7 Å². The molecule has 0 radical (unpaired) electrons. The van der Waals surface area contributed by atoms with Crippen molar-refractivity contribution in [3.63, 3.8) is 0 Å². The zero-order chi connectivity index (χ0) is 17.5. The number of carbonyl (C=O) groups is 2. The Hall–Kier alpha value is -1.48. The molecule has 24 heavy (non-hydrogen) atoms. The molecule has 0 aliphatic carbocycles. The molecule has 0 unspecified atom stereocenters. The molecule has 0 aromatic carbocycles. The van der Waals surface area contributed by atoms with E-state index in [0.29, 0.717) is 5.57 Å². The maximum Gasteiger partial charge on any atom is 0.303 e. The molecule has 0 N–H and O–H groups in total. The van der Waals surface area contributed by atoms with Crippen LogP contribution in [0.5, 0.6) is 0 Å². The summed E-state index contributed by atoms with van der Waals surface area (Å²) in [5.74, 6) is -1.64. The molecule has 0 aromatic rings. The molecular formula is C16H22O8. The van der Waals surface area contributed by atoms with Gasteiger partial charge in [-0.25, -0.2) is 0 Å². The maximum absolute atomic E-state index is 11.5. The molecule has 0 bridgehead atoms. The van der Waals surface area contributed by atoms with Gasteiger partial charge in [-0.2, -0.15) is 0 Å². The van der Waals surface area contributed by atoms with Crippen molar-refractivity contribution in [3.05, 3.63) is 11.6 Å². The van der Waals surface area contributed by atoms with Crippen molar-refractivity contribution >= 4 is 11.9 Å². The summed E-state index contributed by atoms with van der Waals surface area (Å²) in [7, 11) is 0. The number of hydrogen-bond donors (Lipinski definition) is 0. The minimum absolute atomic E-state index is 0.00571. The summed E-state index contributed by atoms with van der Waals surface area (Å²) < 4.78 is 33.8. The standard InChI is InChI=1S/C16H22O8/c1-8(17)20-7-10-5-6-19-12-13(11(10)21-9(2)18)22-15-14(12)23-16(3,4)24-15/h5,11-15H,6-7H2,1-4H3/t11-,12-,13+,14+,15+/m0/s1. The summed E-state index contributed by atoms with van der Waals surface area (Å²) in [6, 6.07) is 0. The van der Waals surface area contributed by atoms with E-state index >= 15 is 0 Å². The van der Waals surface area contributed by atoms with Gasteiger partial charge in [-0.3, -0.25) is 9.59 Å². The number of carbonyl (C=O) groups excluding carboxylic acids is 2. The lowest BCUT2D eigenvalue weighted by atomic mass is 10.00. The smallest absolute Gasteiger partial charge is 0.303 e. The SMILES string of the molecule is CC(=O)OCC1=CCO[C@@H]2[C@H]3OC(C)(C)O[C@H]3O[C@@H]2[C@H]1OC(C)=O. The minimum atomic E-state index is -0.763. The molecule has 0 saturated carbocycles. The first-order chi connectivity index (χ1) is 11.3. The van der Waals surface area contributed by atoms with Crippen LogP contribution in [-0.4, -0.2) is 61.6 Å². The lowest BCUT2D eigenvalue weighted by Gasteiger charge is -2.29. The zero-order valence-corrected chi connectivity index (χ0v) is 14.1. The summed E-state index contributed by atoms with van der Waals surface area (Å²) in [6.07, 6.45) is -1.04. The molecule has 2 saturated heterocycles. The summed E-state index contributed by atoms with van der Waals surface area (Å²) >= 11 is 0. The van der Waals surface area contributed by atoms with Gasteiger partial charge in [0.15, 0.2) is 18.2 Å². The largest absolute Gasteiger partial charge is 0.461 e. The van der Waals surface area contributed by atoms with Crippen LogP contribution in [0.3, 0.4) is 0 Å². The Morgan fingerprint density at radius 3 is 2.58 bits per heavy atom. The fraction of sp³-hybridized carbons (Fsp3) is 0.750. The Balaban J connectivity index is 1.81. The molecule has 134 valence electrons. The lowest BCUT2D eigenvalue weighted by molar-refractivity contribution is -0.228. The molecule has 3 aliphatic rings. The van der Waals surface area contributed by atoms with Gasteiger partial charge in [-0.1, -0.05) is 6.08 Å². The van der Waals surface area contributed by atoms with Crippen LogP contribution in [0.25, 0.3) is 0 Å². The minimum Gasteiger partial charge on any atom is -0.461 e. The van der Waals surface area contributed by atoms with Crippen molar-refractivity contribution < 1.29 is 38.0 Å². The highest BCUT2D eigenvalue weighted by Gasteiger charge is 2.58. The second-order valence-corrected chi connectivity index (χ2v) is 6.46. The van der Waals surface area contributed by atoms with Crippen LogP contribution in [0.2, 0.25) is 0 Å². The van der Waals surface area contributed by atoms with E-state index in [2.05, 4.69) is 0 Å². The highest BCUT2D eigenvalue weighted by molar-refractivity contribution is 5.67. The van der Waals surface area contributed by atoms with Crippen LogP contribution >= 0.6 is 0 Å². The van der Waals surface area contributed by atoms with Crippen molar-refractivity contribution in [1.82, 2.24) is 0 Å². The molecule has 0 aromatic heterocycles. The normalized spacial score (nSPS) is 37.0. The van der Waals surface area contributed by atoms with Gasteiger partial charge in [0.25, 0.3) is 0 Å². The van der Waals surface area contributed by atoms with Crippen LogP contribution in [0.15, 0.2) is 11.6 Å². The van der Waals surface area contributed by atoms with Gasteiger partial charge in [0.1, 0.15) is 24.9 Å². The van der Waals surface area contributed by atoms with Crippen molar-refractivity contribution in [2.75, 3.05) is 13.2 Å². The third kappa shape index (κ3) is 3.46. The molecule has 3 rings (SSSR count). The summed E-state index contributed by atoms with van der Waals surface area (Å²) in [5, 5.41) is 0. The van der Waals surface area contributed by atoms with E-state index in [0.717, 1.165) is 0 Å². The summed E-state index contributed by atoms with van der Waals surface area (Å²) in [6.45, 7) is 6.51. The summed E-state index contributed by atoms with van der Waals surface area (Å²) in [5.41, 5.74) is 0.618. The van der Waals surface area contributed by atoms with E-state index in [1.165, 1.54) is 13.8 Å². The topological polar surface area (TPSA) is 89.5 Å². The second kappa shape index (κ2) is 6.44. The molecular weight excluding hydrogens is 320 g/mol. The van der Waals surface area contributed by atoms with E-state index in [-0.39, 0.29) is 13.2 Å². The monoisotopic (exact) mass is 342 g/mol.